The molecule has 1 aromatic carbocycles. The summed E-state index contributed by atoms with van der Waals surface area (Å²) >= 11 is 0. The fourth-order valence-corrected chi connectivity index (χ4v) is 1.39. The summed E-state index contributed by atoms with van der Waals surface area (Å²) in [7, 11) is 0. The zero-order valence-corrected chi connectivity index (χ0v) is 7.90. The minimum Gasteiger partial charge on any atom is -0.399 e. The Kier molecular flexibility index (Phi) is 2.49. The van der Waals surface area contributed by atoms with Gasteiger partial charge in [0, 0.05) is 17.6 Å². The number of rotatable bonds is 3. The highest BCUT2D eigenvalue weighted by Crippen LogP contribution is 2.08. The lowest BCUT2D eigenvalue weighted by molar-refractivity contribution is 0.893. The van der Waals surface area contributed by atoms with Crippen molar-refractivity contribution in [1.29, 1.82) is 0 Å². The number of aromatic nitrogens is 2. The van der Waals surface area contributed by atoms with E-state index < -0.39 is 0 Å². The third-order valence-corrected chi connectivity index (χ3v) is 2.22. The van der Waals surface area contributed by atoms with Crippen LogP contribution in [0.25, 0.3) is 0 Å². The summed E-state index contributed by atoms with van der Waals surface area (Å²) in [5.74, 6) is 0. The Morgan fingerprint density at radius 3 is 2.50 bits per heavy atom. The van der Waals surface area contributed by atoms with Crippen LogP contribution in [0.1, 0.15) is 11.3 Å². The molecule has 0 saturated carbocycles. The third kappa shape index (κ3) is 2.13. The van der Waals surface area contributed by atoms with Gasteiger partial charge in [0.25, 0.3) is 0 Å². The Bertz CT molecular complexity index is 375. The van der Waals surface area contributed by atoms with Crippen LogP contribution in [0.3, 0.4) is 0 Å². The highest BCUT2D eigenvalue weighted by molar-refractivity contribution is 5.39. The van der Waals surface area contributed by atoms with E-state index in [9.17, 15) is 0 Å². The van der Waals surface area contributed by atoms with E-state index in [-0.39, 0.29) is 0 Å². The number of aryl methyl sites for hydroxylation is 2. The molecule has 0 radical (unpaired) electrons. The van der Waals surface area contributed by atoms with E-state index in [1.807, 2.05) is 18.2 Å². The molecule has 3 N–H and O–H groups in total. The summed E-state index contributed by atoms with van der Waals surface area (Å²) in [5.41, 5.74) is 8.88. The largest absolute Gasteiger partial charge is 0.399 e. The number of anilines is 1. The lowest BCUT2D eigenvalue weighted by Gasteiger charge is -2.00. The second kappa shape index (κ2) is 3.96. The molecule has 0 unspecified atom stereocenters. The Labute approximate surface area is 83.0 Å². The molecular weight excluding hydrogens is 174 g/mol. The minimum atomic E-state index is 0.815. The highest BCUT2D eigenvalue weighted by atomic mass is 15.1. The standard InChI is InChI=1S/C11H13N3/c12-10-4-1-9(2-5-10)3-6-11-7-8-13-14-11/h1-2,4-5,7-8H,3,6,12H2,(H,13,14). The Morgan fingerprint density at radius 1 is 1.07 bits per heavy atom. The fourth-order valence-electron chi connectivity index (χ4n) is 1.39. The molecule has 0 spiro atoms. The topological polar surface area (TPSA) is 54.7 Å². The van der Waals surface area contributed by atoms with E-state index in [4.69, 9.17) is 5.73 Å². The summed E-state index contributed by atoms with van der Waals surface area (Å²) in [6.45, 7) is 0. The van der Waals surface area contributed by atoms with Gasteiger partial charge in [-0.3, -0.25) is 5.10 Å². The van der Waals surface area contributed by atoms with Gasteiger partial charge in [-0.05, 0) is 36.6 Å². The molecule has 0 amide bonds. The molecule has 1 aromatic heterocycles. The van der Waals surface area contributed by atoms with Crippen LogP contribution in [0.15, 0.2) is 36.5 Å². The number of aromatic amines is 1. The molecule has 0 aliphatic carbocycles. The van der Waals surface area contributed by atoms with E-state index in [1.165, 1.54) is 11.3 Å². The van der Waals surface area contributed by atoms with Crippen molar-refractivity contribution in [2.24, 2.45) is 0 Å². The smallest absolute Gasteiger partial charge is 0.0490 e. The zero-order chi connectivity index (χ0) is 9.80. The van der Waals surface area contributed by atoms with Crippen molar-refractivity contribution in [2.45, 2.75) is 12.8 Å². The molecule has 72 valence electrons. The average Bonchev–Trinajstić information content (AvgIpc) is 2.70. The highest BCUT2D eigenvalue weighted by Gasteiger charge is 1.96. The predicted molar refractivity (Wildman–Crippen MR) is 56.9 cm³/mol. The van der Waals surface area contributed by atoms with Gasteiger partial charge in [0.1, 0.15) is 0 Å². The maximum Gasteiger partial charge on any atom is 0.0490 e. The molecule has 14 heavy (non-hydrogen) atoms. The van der Waals surface area contributed by atoms with Gasteiger partial charge in [0.2, 0.25) is 0 Å². The lowest BCUT2D eigenvalue weighted by atomic mass is 10.1. The van der Waals surface area contributed by atoms with Crippen molar-refractivity contribution >= 4 is 5.69 Å². The summed E-state index contributed by atoms with van der Waals surface area (Å²) in [6.07, 6.45) is 3.78. The van der Waals surface area contributed by atoms with Crippen molar-refractivity contribution in [3.63, 3.8) is 0 Å². The zero-order valence-electron chi connectivity index (χ0n) is 7.90. The molecule has 0 aliphatic rings. The first-order chi connectivity index (χ1) is 6.84. The first-order valence-corrected chi connectivity index (χ1v) is 4.67. The van der Waals surface area contributed by atoms with Crippen molar-refractivity contribution in [2.75, 3.05) is 5.73 Å². The summed E-state index contributed by atoms with van der Waals surface area (Å²) in [5, 5.41) is 6.85. The molecular formula is C11H13N3. The Morgan fingerprint density at radius 2 is 1.86 bits per heavy atom. The van der Waals surface area contributed by atoms with Crippen molar-refractivity contribution in [3.05, 3.63) is 47.8 Å². The van der Waals surface area contributed by atoms with Gasteiger partial charge in [0.05, 0.1) is 0 Å². The fraction of sp³-hybridized carbons (Fsp3) is 0.182. The molecule has 0 atom stereocenters. The average molecular weight is 187 g/mol. The van der Waals surface area contributed by atoms with Gasteiger partial charge in [-0.15, -0.1) is 0 Å². The van der Waals surface area contributed by atoms with Gasteiger partial charge in [0.15, 0.2) is 0 Å². The molecule has 0 saturated heterocycles. The number of hydrogen-bond donors (Lipinski definition) is 2. The van der Waals surface area contributed by atoms with Crippen LogP contribution in [0, 0.1) is 0 Å². The number of nitrogens with zero attached hydrogens (tertiary/aromatic N) is 1. The van der Waals surface area contributed by atoms with Gasteiger partial charge in [-0.1, -0.05) is 12.1 Å². The van der Waals surface area contributed by atoms with E-state index in [1.54, 1.807) is 6.20 Å². The van der Waals surface area contributed by atoms with Crippen LogP contribution < -0.4 is 5.73 Å². The number of nitrogens with two attached hydrogens (primary N) is 1. The van der Waals surface area contributed by atoms with Crippen LogP contribution in [0.5, 0.6) is 0 Å². The monoisotopic (exact) mass is 187 g/mol. The van der Waals surface area contributed by atoms with Crippen LogP contribution in [0.2, 0.25) is 0 Å². The van der Waals surface area contributed by atoms with Crippen LogP contribution in [-0.2, 0) is 12.8 Å². The number of nitrogens with one attached hydrogen (secondary N) is 1. The number of hydrogen-bond acceptors (Lipinski definition) is 2. The lowest BCUT2D eigenvalue weighted by Crippen LogP contribution is -1.92. The third-order valence-electron chi connectivity index (χ3n) is 2.22. The maximum absolute atomic E-state index is 5.60. The number of benzene rings is 1. The second-order valence-electron chi connectivity index (χ2n) is 3.32. The first kappa shape index (κ1) is 8.81. The first-order valence-electron chi connectivity index (χ1n) is 4.67. The quantitative estimate of drug-likeness (QED) is 0.719. The molecule has 0 bridgehead atoms. The molecule has 0 aliphatic heterocycles. The van der Waals surface area contributed by atoms with Crippen molar-refractivity contribution < 1.29 is 0 Å². The Hall–Kier alpha value is -1.77. The molecule has 1 heterocycles. The van der Waals surface area contributed by atoms with Crippen molar-refractivity contribution in [3.8, 4) is 0 Å². The van der Waals surface area contributed by atoms with Gasteiger partial charge in [-0.2, -0.15) is 5.10 Å². The van der Waals surface area contributed by atoms with E-state index in [0.717, 1.165) is 18.5 Å². The molecule has 3 heteroatoms. The molecule has 2 aromatic rings. The summed E-state index contributed by atoms with van der Waals surface area (Å²) in [6, 6.07) is 9.99. The Balaban J connectivity index is 1.95. The minimum absolute atomic E-state index is 0.815. The van der Waals surface area contributed by atoms with E-state index in [2.05, 4.69) is 22.3 Å². The molecule has 0 fully saturated rings. The summed E-state index contributed by atoms with van der Waals surface area (Å²) < 4.78 is 0. The SMILES string of the molecule is Nc1ccc(CCc2ccn[nH]2)cc1. The number of H-pyrrole nitrogens is 1. The number of nitrogen functional groups attached to an aromatic ring is 1. The maximum atomic E-state index is 5.60. The predicted octanol–water partition coefficient (Wildman–Crippen LogP) is 1.78. The second-order valence-corrected chi connectivity index (χ2v) is 3.32. The van der Waals surface area contributed by atoms with Crippen LogP contribution >= 0.6 is 0 Å². The van der Waals surface area contributed by atoms with Gasteiger partial charge >= 0.3 is 0 Å². The van der Waals surface area contributed by atoms with E-state index in [0.29, 0.717) is 0 Å². The molecule has 3 nitrogen and oxygen atoms in total. The molecule has 2 rings (SSSR count). The van der Waals surface area contributed by atoms with Gasteiger partial charge in [-0.25, -0.2) is 0 Å². The van der Waals surface area contributed by atoms with Crippen molar-refractivity contribution in [1.82, 2.24) is 10.2 Å². The van der Waals surface area contributed by atoms with Crippen LogP contribution in [0.4, 0.5) is 5.69 Å². The summed E-state index contributed by atoms with van der Waals surface area (Å²) in [4.78, 5) is 0. The normalized spacial score (nSPS) is 10.3. The van der Waals surface area contributed by atoms with E-state index >= 15 is 0 Å². The van der Waals surface area contributed by atoms with Crippen LogP contribution in [-0.4, -0.2) is 10.2 Å². The van der Waals surface area contributed by atoms with Gasteiger partial charge < -0.3 is 5.73 Å².